The van der Waals surface area contributed by atoms with E-state index in [-0.39, 0.29) is 0 Å². The third-order valence-electron chi connectivity index (χ3n) is 4.83. The number of hydrogen-bond acceptors (Lipinski definition) is 2. The van der Waals surface area contributed by atoms with Gasteiger partial charge in [0.15, 0.2) is 0 Å². The quantitative estimate of drug-likeness (QED) is 0.769. The van der Waals surface area contributed by atoms with E-state index in [1.807, 2.05) is 13.8 Å². The molecule has 1 aromatic rings. The van der Waals surface area contributed by atoms with Crippen LogP contribution in [0.2, 0.25) is 0 Å². The molecule has 1 aromatic carbocycles. The Morgan fingerprint density at radius 3 is 2.43 bits per heavy atom. The Morgan fingerprint density at radius 1 is 1.14 bits per heavy atom. The molecule has 0 aromatic heterocycles. The number of nitrogens with zero attached hydrogens (tertiary/aromatic N) is 1. The van der Waals surface area contributed by atoms with Gasteiger partial charge in [0.25, 0.3) is 0 Å². The van der Waals surface area contributed by atoms with Crippen LogP contribution in [0.5, 0.6) is 0 Å². The fourth-order valence-electron chi connectivity index (χ4n) is 3.09. The molecule has 0 amide bonds. The van der Waals surface area contributed by atoms with Crippen LogP contribution in [0.3, 0.4) is 0 Å². The lowest BCUT2D eigenvalue weighted by atomic mass is 9.85. The largest absolute Gasteiger partial charge is 0.382 e. The summed E-state index contributed by atoms with van der Waals surface area (Å²) < 4.78 is 0. The smallest absolute Gasteiger partial charge is 0.0766 e. The van der Waals surface area contributed by atoms with Crippen molar-refractivity contribution in [1.29, 1.82) is 5.26 Å². The number of benzene rings is 1. The summed E-state index contributed by atoms with van der Waals surface area (Å²) in [7, 11) is 0. The SMILES string of the molecule is CC1(C)CCCC(Nc2ccc(C(C)(C)C#N)cc2)CC1. The van der Waals surface area contributed by atoms with Gasteiger partial charge >= 0.3 is 0 Å². The Hall–Kier alpha value is -1.49. The second kappa shape index (κ2) is 6.10. The van der Waals surface area contributed by atoms with Gasteiger partial charge in [-0.15, -0.1) is 0 Å². The van der Waals surface area contributed by atoms with Crippen molar-refractivity contribution in [3.05, 3.63) is 29.8 Å². The first-order valence-electron chi connectivity index (χ1n) is 8.11. The molecule has 0 bridgehead atoms. The summed E-state index contributed by atoms with van der Waals surface area (Å²) >= 11 is 0. The maximum absolute atomic E-state index is 9.19. The Morgan fingerprint density at radius 2 is 1.81 bits per heavy atom. The number of hydrogen-bond donors (Lipinski definition) is 1. The summed E-state index contributed by atoms with van der Waals surface area (Å²) in [5, 5.41) is 12.9. The molecule has 0 heterocycles. The average molecular weight is 284 g/mol. The molecule has 1 aliphatic carbocycles. The summed E-state index contributed by atoms with van der Waals surface area (Å²) in [5.74, 6) is 0. The van der Waals surface area contributed by atoms with Crippen molar-refractivity contribution < 1.29 is 0 Å². The van der Waals surface area contributed by atoms with Crippen molar-refractivity contribution in [2.24, 2.45) is 5.41 Å². The molecule has 2 rings (SSSR count). The molecule has 21 heavy (non-hydrogen) atoms. The van der Waals surface area contributed by atoms with E-state index in [1.54, 1.807) is 0 Å². The predicted octanol–water partition coefficient (Wildman–Crippen LogP) is 5.26. The van der Waals surface area contributed by atoms with Crippen LogP contribution < -0.4 is 5.32 Å². The Kier molecular flexibility index (Phi) is 4.61. The standard InChI is InChI=1S/C19H28N2/c1-18(2)12-5-6-16(11-13-18)21-17-9-7-15(8-10-17)19(3,4)14-20/h7-10,16,21H,5-6,11-13H2,1-4H3. The van der Waals surface area contributed by atoms with E-state index in [0.29, 0.717) is 11.5 Å². The predicted molar refractivity (Wildman–Crippen MR) is 89.4 cm³/mol. The molecule has 1 atom stereocenters. The van der Waals surface area contributed by atoms with Crippen molar-refractivity contribution in [2.75, 3.05) is 5.32 Å². The van der Waals surface area contributed by atoms with Crippen molar-refractivity contribution >= 4 is 5.69 Å². The molecular formula is C19H28N2. The van der Waals surface area contributed by atoms with E-state index in [4.69, 9.17) is 0 Å². The number of nitrogens with one attached hydrogen (secondary N) is 1. The van der Waals surface area contributed by atoms with E-state index in [9.17, 15) is 5.26 Å². The van der Waals surface area contributed by atoms with Gasteiger partial charge in [0, 0.05) is 11.7 Å². The fraction of sp³-hybridized carbons (Fsp3) is 0.632. The first kappa shape index (κ1) is 15.9. The van der Waals surface area contributed by atoms with Crippen LogP contribution in [0.1, 0.15) is 65.4 Å². The van der Waals surface area contributed by atoms with Crippen molar-refractivity contribution in [2.45, 2.75) is 71.3 Å². The topological polar surface area (TPSA) is 35.8 Å². The van der Waals surface area contributed by atoms with Gasteiger partial charge in [-0.05, 0) is 62.6 Å². The molecule has 1 fully saturated rings. The van der Waals surface area contributed by atoms with Gasteiger partial charge in [0.1, 0.15) is 0 Å². The van der Waals surface area contributed by atoms with Gasteiger partial charge in [0.05, 0.1) is 11.5 Å². The van der Waals surface area contributed by atoms with Crippen LogP contribution >= 0.6 is 0 Å². The molecular weight excluding hydrogens is 256 g/mol. The molecule has 2 heteroatoms. The van der Waals surface area contributed by atoms with E-state index in [0.717, 1.165) is 5.56 Å². The Labute approximate surface area is 129 Å². The molecule has 1 aliphatic rings. The van der Waals surface area contributed by atoms with Crippen LogP contribution in [0.15, 0.2) is 24.3 Å². The molecule has 2 nitrogen and oxygen atoms in total. The van der Waals surface area contributed by atoms with Gasteiger partial charge in [-0.25, -0.2) is 0 Å². The van der Waals surface area contributed by atoms with Crippen molar-refractivity contribution in [3.8, 4) is 6.07 Å². The third kappa shape index (κ3) is 4.24. The number of nitriles is 1. The van der Waals surface area contributed by atoms with E-state index < -0.39 is 5.41 Å². The van der Waals surface area contributed by atoms with Gasteiger partial charge in [-0.1, -0.05) is 32.4 Å². The molecule has 1 N–H and O–H groups in total. The highest BCUT2D eigenvalue weighted by molar-refractivity contribution is 5.47. The summed E-state index contributed by atoms with van der Waals surface area (Å²) in [4.78, 5) is 0. The maximum atomic E-state index is 9.19. The van der Waals surface area contributed by atoms with Crippen molar-refractivity contribution in [3.63, 3.8) is 0 Å². The first-order chi connectivity index (χ1) is 9.82. The molecule has 0 saturated heterocycles. The van der Waals surface area contributed by atoms with Crippen LogP contribution in [-0.4, -0.2) is 6.04 Å². The fourth-order valence-corrected chi connectivity index (χ4v) is 3.09. The average Bonchev–Trinajstić information content (AvgIpc) is 2.61. The van der Waals surface area contributed by atoms with E-state index >= 15 is 0 Å². The van der Waals surface area contributed by atoms with Gasteiger partial charge in [0.2, 0.25) is 0 Å². The maximum Gasteiger partial charge on any atom is 0.0766 e. The van der Waals surface area contributed by atoms with Crippen LogP contribution in [0.25, 0.3) is 0 Å². The summed E-state index contributed by atoms with van der Waals surface area (Å²) in [5.41, 5.74) is 2.34. The molecule has 0 aliphatic heterocycles. The zero-order chi connectivity index (χ0) is 15.5. The van der Waals surface area contributed by atoms with Gasteiger partial charge in [-0.2, -0.15) is 5.26 Å². The first-order valence-corrected chi connectivity index (χ1v) is 8.11. The molecule has 1 unspecified atom stereocenters. The van der Waals surface area contributed by atoms with Gasteiger partial charge < -0.3 is 5.32 Å². The second-order valence-electron chi connectivity index (χ2n) is 7.75. The molecule has 1 saturated carbocycles. The van der Waals surface area contributed by atoms with E-state index in [1.165, 1.54) is 37.8 Å². The number of anilines is 1. The van der Waals surface area contributed by atoms with E-state index in [2.05, 4.69) is 49.5 Å². The lowest BCUT2D eigenvalue weighted by molar-refractivity contribution is 0.313. The Balaban J connectivity index is 1.99. The van der Waals surface area contributed by atoms with Crippen LogP contribution in [0, 0.1) is 16.7 Å². The minimum absolute atomic E-state index is 0.412. The monoisotopic (exact) mass is 284 g/mol. The summed E-state index contributed by atoms with van der Waals surface area (Å²) in [6.45, 7) is 8.69. The molecule has 114 valence electrons. The highest BCUT2D eigenvalue weighted by Crippen LogP contribution is 2.34. The second-order valence-corrected chi connectivity index (χ2v) is 7.75. The number of rotatable bonds is 3. The highest BCUT2D eigenvalue weighted by Gasteiger charge is 2.24. The Bertz CT molecular complexity index is 505. The lowest BCUT2D eigenvalue weighted by Crippen LogP contribution is -2.19. The molecule has 0 radical (unpaired) electrons. The minimum Gasteiger partial charge on any atom is -0.382 e. The highest BCUT2D eigenvalue weighted by atomic mass is 14.9. The summed E-state index contributed by atoms with van der Waals surface area (Å²) in [6, 6.07) is 11.3. The van der Waals surface area contributed by atoms with Crippen molar-refractivity contribution in [1.82, 2.24) is 0 Å². The zero-order valence-corrected chi connectivity index (χ0v) is 13.9. The summed E-state index contributed by atoms with van der Waals surface area (Å²) in [6.07, 6.45) is 6.45. The van der Waals surface area contributed by atoms with Crippen LogP contribution in [-0.2, 0) is 5.41 Å². The zero-order valence-electron chi connectivity index (χ0n) is 13.9. The normalized spacial score (nSPS) is 22.1. The molecule has 0 spiro atoms. The third-order valence-corrected chi connectivity index (χ3v) is 4.83. The van der Waals surface area contributed by atoms with Gasteiger partial charge in [-0.3, -0.25) is 0 Å². The minimum atomic E-state index is -0.412. The lowest BCUT2D eigenvalue weighted by Gasteiger charge is -2.22. The van der Waals surface area contributed by atoms with Crippen LogP contribution in [0.4, 0.5) is 5.69 Å².